The third-order valence-corrected chi connectivity index (χ3v) is 4.32. The van der Waals surface area contributed by atoms with Crippen molar-refractivity contribution >= 4 is 33.2 Å². The molecular weight excluding hydrogens is 312 g/mol. The lowest BCUT2D eigenvalue weighted by Gasteiger charge is -2.22. The van der Waals surface area contributed by atoms with Gasteiger partial charge in [-0.2, -0.15) is 0 Å². The van der Waals surface area contributed by atoms with E-state index in [4.69, 9.17) is 11.6 Å². The number of nitrogens with zero attached hydrogens (tertiary/aromatic N) is 1. The van der Waals surface area contributed by atoms with Gasteiger partial charge in [0.25, 0.3) is 0 Å². The molecule has 1 rings (SSSR count). The molecule has 0 saturated heterocycles. The van der Waals surface area contributed by atoms with E-state index in [2.05, 4.69) is 5.32 Å². The number of amides is 1. The monoisotopic (exact) mass is 332 g/mol. The number of hydrogen-bond donors (Lipinski definition) is 1. The Kier molecular flexibility index (Phi) is 6.98. The predicted molar refractivity (Wildman–Crippen MR) is 86.2 cm³/mol. The molecule has 1 N–H and O–H groups in total. The minimum Gasteiger partial charge on any atom is -0.356 e. The van der Waals surface area contributed by atoms with Crippen molar-refractivity contribution in [3.63, 3.8) is 0 Å². The summed E-state index contributed by atoms with van der Waals surface area (Å²) >= 11 is 5.89. The van der Waals surface area contributed by atoms with E-state index in [1.54, 1.807) is 24.3 Å². The molecule has 0 atom stereocenters. The topological polar surface area (TPSA) is 66.5 Å². The summed E-state index contributed by atoms with van der Waals surface area (Å²) < 4.78 is 24.9. The van der Waals surface area contributed by atoms with E-state index < -0.39 is 10.0 Å². The first kappa shape index (κ1) is 17.8. The van der Waals surface area contributed by atoms with E-state index in [1.165, 1.54) is 4.31 Å². The largest absolute Gasteiger partial charge is 0.356 e. The molecule has 7 heteroatoms. The average molecular weight is 333 g/mol. The van der Waals surface area contributed by atoms with Crippen LogP contribution in [0.2, 0.25) is 5.02 Å². The standard InChI is InChI=1S/C14H21ClN2O3S/c1-3-4-9-16-14(18)8-10-17(21(2,19)20)13-7-5-6-12(15)11-13/h5-7,11H,3-4,8-10H2,1-2H3,(H,16,18). The normalized spacial score (nSPS) is 11.2. The summed E-state index contributed by atoms with van der Waals surface area (Å²) in [5.74, 6) is -0.154. The molecule has 0 radical (unpaired) electrons. The van der Waals surface area contributed by atoms with Crippen molar-refractivity contribution < 1.29 is 13.2 Å². The van der Waals surface area contributed by atoms with Gasteiger partial charge in [0.1, 0.15) is 0 Å². The molecular formula is C14H21ClN2O3S. The van der Waals surface area contributed by atoms with Crippen LogP contribution in [0.3, 0.4) is 0 Å². The van der Waals surface area contributed by atoms with Gasteiger partial charge in [-0.1, -0.05) is 31.0 Å². The highest BCUT2D eigenvalue weighted by Gasteiger charge is 2.18. The van der Waals surface area contributed by atoms with Crippen LogP contribution in [-0.4, -0.2) is 33.7 Å². The van der Waals surface area contributed by atoms with E-state index in [9.17, 15) is 13.2 Å². The highest BCUT2D eigenvalue weighted by molar-refractivity contribution is 7.92. The van der Waals surface area contributed by atoms with Gasteiger partial charge >= 0.3 is 0 Å². The number of halogens is 1. The van der Waals surface area contributed by atoms with Gasteiger partial charge in [-0.25, -0.2) is 8.42 Å². The van der Waals surface area contributed by atoms with Gasteiger partial charge in [0.15, 0.2) is 0 Å². The zero-order valence-corrected chi connectivity index (χ0v) is 13.9. The van der Waals surface area contributed by atoms with Gasteiger partial charge in [-0.05, 0) is 24.6 Å². The molecule has 1 aromatic carbocycles. The molecule has 0 bridgehead atoms. The van der Waals surface area contributed by atoms with E-state index in [0.29, 0.717) is 17.3 Å². The molecule has 0 saturated carbocycles. The Balaban J connectivity index is 2.71. The van der Waals surface area contributed by atoms with Gasteiger partial charge in [0.2, 0.25) is 15.9 Å². The molecule has 0 aliphatic rings. The Bertz CT molecular complexity index is 575. The van der Waals surface area contributed by atoms with E-state index in [-0.39, 0.29) is 18.9 Å². The van der Waals surface area contributed by atoms with Crippen LogP contribution in [0.25, 0.3) is 0 Å². The minimum atomic E-state index is -3.46. The molecule has 0 fully saturated rings. The first-order chi connectivity index (χ1) is 9.84. The maximum atomic E-state index is 11.9. The summed E-state index contributed by atoms with van der Waals surface area (Å²) in [5, 5.41) is 3.22. The molecule has 0 aliphatic carbocycles. The maximum absolute atomic E-state index is 11.9. The number of benzene rings is 1. The van der Waals surface area contributed by atoms with Crippen LogP contribution in [-0.2, 0) is 14.8 Å². The fourth-order valence-electron chi connectivity index (χ4n) is 1.81. The molecule has 1 aromatic rings. The number of carbonyl (C=O) groups is 1. The molecule has 0 aromatic heterocycles. The summed E-state index contributed by atoms with van der Waals surface area (Å²) in [6.45, 7) is 2.75. The molecule has 21 heavy (non-hydrogen) atoms. The summed E-state index contributed by atoms with van der Waals surface area (Å²) in [6, 6.07) is 6.57. The van der Waals surface area contributed by atoms with Crippen molar-refractivity contribution in [2.45, 2.75) is 26.2 Å². The van der Waals surface area contributed by atoms with Crippen molar-refractivity contribution in [1.82, 2.24) is 5.32 Å². The number of hydrogen-bond acceptors (Lipinski definition) is 3. The summed E-state index contributed by atoms with van der Waals surface area (Å²) in [4.78, 5) is 11.7. The van der Waals surface area contributed by atoms with Crippen LogP contribution in [0.1, 0.15) is 26.2 Å². The van der Waals surface area contributed by atoms with Crippen LogP contribution >= 0.6 is 11.6 Å². The van der Waals surface area contributed by atoms with Crippen molar-refractivity contribution in [3.05, 3.63) is 29.3 Å². The van der Waals surface area contributed by atoms with Gasteiger partial charge in [-0.15, -0.1) is 0 Å². The second-order valence-corrected chi connectivity index (χ2v) is 7.11. The van der Waals surface area contributed by atoms with Crippen LogP contribution in [0.5, 0.6) is 0 Å². The number of anilines is 1. The molecule has 0 unspecified atom stereocenters. The van der Waals surface area contributed by atoms with Crippen LogP contribution in [0.15, 0.2) is 24.3 Å². The Morgan fingerprint density at radius 2 is 2.10 bits per heavy atom. The molecule has 0 heterocycles. The number of rotatable bonds is 8. The van der Waals surface area contributed by atoms with Crippen molar-refractivity contribution in [2.75, 3.05) is 23.7 Å². The molecule has 0 aliphatic heterocycles. The number of unbranched alkanes of at least 4 members (excludes halogenated alkanes) is 1. The van der Waals surface area contributed by atoms with E-state index in [0.717, 1.165) is 19.1 Å². The third kappa shape index (κ3) is 6.35. The zero-order chi connectivity index (χ0) is 15.9. The predicted octanol–water partition coefficient (Wildman–Crippen LogP) is 2.41. The maximum Gasteiger partial charge on any atom is 0.232 e. The van der Waals surface area contributed by atoms with Crippen LogP contribution in [0.4, 0.5) is 5.69 Å². The molecule has 1 amide bonds. The van der Waals surface area contributed by atoms with Crippen molar-refractivity contribution in [2.24, 2.45) is 0 Å². The van der Waals surface area contributed by atoms with Crippen molar-refractivity contribution in [1.29, 1.82) is 0 Å². The highest BCUT2D eigenvalue weighted by atomic mass is 35.5. The first-order valence-electron chi connectivity index (χ1n) is 6.84. The van der Waals surface area contributed by atoms with Gasteiger partial charge in [-0.3, -0.25) is 9.10 Å². The smallest absolute Gasteiger partial charge is 0.232 e. The summed E-state index contributed by atoms with van der Waals surface area (Å²) in [6.07, 6.45) is 3.14. The summed E-state index contributed by atoms with van der Waals surface area (Å²) in [7, 11) is -3.46. The fourth-order valence-corrected chi connectivity index (χ4v) is 2.92. The lowest BCUT2D eigenvalue weighted by atomic mass is 10.3. The Morgan fingerprint density at radius 1 is 1.38 bits per heavy atom. The van der Waals surface area contributed by atoms with Crippen LogP contribution < -0.4 is 9.62 Å². The average Bonchev–Trinajstić information content (AvgIpc) is 2.37. The van der Waals surface area contributed by atoms with E-state index >= 15 is 0 Å². The van der Waals surface area contributed by atoms with E-state index in [1.807, 2.05) is 6.92 Å². The summed E-state index contributed by atoms with van der Waals surface area (Å²) in [5.41, 5.74) is 0.464. The Morgan fingerprint density at radius 3 is 2.67 bits per heavy atom. The SMILES string of the molecule is CCCCNC(=O)CCN(c1cccc(Cl)c1)S(C)(=O)=O. The molecule has 0 spiro atoms. The lowest BCUT2D eigenvalue weighted by molar-refractivity contribution is -0.120. The fraction of sp³-hybridized carbons (Fsp3) is 0.500. The quantitative estimate of drug-likeness (QED) is 0.743. The second kappa shape index (κ2) is 8.24. The van der Waals surface area contributed by atoms with Crippen LogP contribution in [0, 0.1) is 0 Å². The molecule has 5 nitrogen and oxygen atoms in total. The van der Waals surface area contributed by atoms with Gasteiger partial charge in [0, 0.05) is 24.5 Å². The van der Waals surface area contributed by atoms with Gasteiger partial charge in [0.05, 0.1) is 11.9 Å². The first-order valence-corrected chi connectivity index (χ1v) is 9.07. The minimum absolute atomic E-state index is 0.0944. The zero-order valence-electron chi connectivity index (χ0n) is 12.3. The number of nitrogens with one attached hydrogen (secondary N) is 1. The molecule has 118 valence electrons. The number of sulfonamides is 1. The Hall–Kier alpha value is -1.27. The van der Waals surface area contributed by atoms with Crippen molar-refractivity contribution in [3.8, 4) is 0 Å². The van der Waals surface area contributed by atoms with Gasteiger partial charge < -0.3 is 5.32 Å². The number of carbonyl (C=O) groups excluding carboxylic acids is 1. The lowest BCUT2D eigenvalue weighted by Crippen LogP contribution is -2.34. The highest BCUT2D eigenvalue weighted by Crippen LogP contribution is 2.21. The second-order valence-electron chi connectivity index (χ2n) is 4.77. The Labute approximate surface area is 131 Å². The third-order valence-electron chi connectivity index (χ3n) is 2.89.